The van der Waals surface area contributed by atoms with E-state index in [0.717, 1.165) is 12.8 Å². The molecule has 1 fully saturated rings. The Morgan fingerprint density at radius 2 is 2.50 bits per heavy atom. The molecule has 2 heterocycles. The number of carbonyl (C=O) groups is 1. The third-order valence-corrected chi connectivity index (χ3v) is 3.49. The van der Waals surface area contributed by atoms with Crippen LogP contribution >= 0.6 is 11.6 Å². The molecule has 0 spiro atoms. The van der Waals surface area contributed by atoms with Crippen LogP contribution in [0.2, 0.25) is 5.02 Å². The molecule has 18 heavy (non-hydrogen) atoms. The van der Waals surface area contributed by atoms with Crippen molar-refractivity contribution in [1.29, 1.82) is 0 Å². The molecule has 1 aromatic heterocycles. The topological polar surface area (TPSA) is 53.4 Å². The number of ketones is 1. The van der Waals surface area contributed by atoms with E-state index in [9.17, 15) is 4.79 Å². The third kappa shape index (κ3) is 2.43. The van der Waals surface area contributed by atoms with Crippen molar-refractivity contribution in [3.05, 3.63) is 16.9 Å². The number of halogens is 1. The van der Waals surface area contributed by atoms with Gasteiger partial charge < -0.3 is 9.47 Å². The van der Waals surface area contributed by atoms with Crippen molar-refractivity contribution in [3.8, 4) is 0 Å². The summed E-state index contributed by atoms with van der Waals surface area (Å²) < 4.78 is 12.1. The average Bonchev–Trinajstić information content (AvgIpc) is 2.93. The number of hydrogen-bond donors (Lipinski definition) is 0. The number of nitrogens with zero attached hydrogens (tertiary/aromatic N) is 2. The predicted octanol–water partition coefficient (Wildman–Crippen LogP) is 1.93. The van der Waals surface area contributed by atoms with Crippen molar-refractivity contribution in [2.24, 2.45) is 0 Å². The van der Waals surface area contributed by atoms with Crippen LogP contribution in [0.5, 0.6) is 0 Å². The number of carbonyl (C=O) groups excluding carboxylic acids is 1. The van der Waals surface area contributed by atoms with Gasteiger partial charge in [0.25, 0.3) is 0 Å². The second kappa shape index (κ2) is 5.38. The molecule has 6 heteroatoms. The van der Waals surface area contributed by atoms with Crippen LogP contribution in [0.15, 0.2) is 6.20 Å². The molecule has 0 bridgehead atoms. The summed E-state index contributed by atoms with van der Waals surface area (Å²) in [5.41, 5.74) is -0.354. The van der Waals surface area contributed by atoms with Crippen molar-refractivity contribution in [3.63, 3.8) is 0 Å². The molecule has 1 atom stereocenters. The van der Waals surface area contributed by atoms with Gasteiger partial charge in [0.2, 0.25) is 5.78 Å². The van der Waals surface area contributed by atoms with Gasteiger partial charge >= 0.3 is 0 Å². The molecule has 1 unspecified atom stereocenters. The Hall–Kier alpha value is -0.910. The highest BCUT2D eigenvalue weighted by Gasteiger charge is 2.40. The molecule has 0 radical (unpaired) electrons. The molecule has 0 N–H and O–H groups in total. The zero-order valence-corrected chi connectivity index (χ0v) is 11.4. The van der Waals surface area contributed by atoms with Crippen molar-refractivity contribution < 1.29 is 14.3 Å². The highest BCUT2D eigenvalue weighted by molar-refractivity contribution is 6.34. The van der Waals surface area contributed by atoms with Crippen LogP contribution in [0.1, 0.15) is 30.3 Å². The first-order valence-corrected chi connectivity index (χ1v) is 6.35. The average molecular weight is 273 g/mol. The Balaban J connectivity index is 2.26. The van der Waals surface area contributed by atoms with E-state index >= 15 is 0 Å². The summed E-state index contributed by atoms with van der Waals surface area (Å²) in [4.78, 5) is 12.5. The fourth-order valence-electron chi connectivity index (χ4n) is 2.14. The number of Topliss-reactive ketones (excluding diaryl/α,β-unsaturated/α-hetero) is 1. The van der Waals surface area contributed by atoms with Crippen molar-refractivity contribution in [1.82, 2.24) is 9.78 Å². The zero-order valence-electron chi connectivity index (χ0n) is 10.6. The molecule has 2 rings (SSSR count). The van der Waals surface area contributed by atoms with E-state index < -0.39 is 5.60 Å². The zero-order chi connectivity index (χ0) is 13.2. The van der Waals surface area contributed by atoms with Gasteiger partial charge in [-0.25, -0.2) is 0 Å². The summed E-state index contributed by atoms with van der Waals surface area (Å²) in [6.45, 7) is 3.41. The van der Waals surface area contributed by atoms with E-state index in [1.54, 1.807) is 11.8 Å². The van der Waals surface area contributed by atoms with Crippen molar-refractivity contribution in [2.45, 2.75) is 31.9 Å². The Morgan fingerprint density at radius 1 is 1.72 bits per heavy atom. The van der Waals surface area contributed by atoms with E-state index in [-0.39, 0.29) is 5.78 Å². The summed E-state index contributed by atoms with van der Waals surface area (Å²) in [6, 6.07) is 0. The highest BCUT2D eigenvalue weighted by Crippen LogP contribution is 2.31. The first-order chi connectivity index (χ1) is 8.58. The Morgan fingerprint density at radius 3 is 3.11 bits per heavy atom. The number of rotatable bonds is 5. The maximum absolute atomic E-state index is 12.5. The summed E-state index contributed by atoms with van der Waals surface area (Å²) in [6.07, 6.45) is 3.10. The van der Waals surface area contributed by atoms with E-state index in [1.165, 1.54) is 6.20 Å². The lowest BCUT2D eigenvalue weighted by Crippen LogP contribution is -2.36. The summed E-state index contributed by atoms with van der Waals surface area (Å²) in [7, 11) is 1.61. The van der Waals surface area contributed by atoms with E-state index in [4.69, 9.17) is 21.1 Å². The van der Waals surface area contributed by atoms with Crippen LogP contribution in [0, 0.1) is 0 Å². The Kier molecular flexibility index (Phi) is 4.04. The van der Waals surface area contributed by atoms with Gasteiger partial charge in [0.15, 0.2) is 0 Å². The highest BCUT2D eigenvalue weighted by atomic mass is 35.5. The summed E-state index contributed by atoms with van der Waals surface area (Å²) >= 11 is 6.06. The van der Waals surface area contributed by atoms with Crippen LogP contribution in [0.3, 0.4) is 0 Å². The van der Waals surface area contributed by atoms with Crippen molar-refractivity contribution >= 4 is 17.4 Å². The normalized spacial score (nSPS) is 23.5. The Labute approximate surface area is 111 Å². The minimum atomic E-state index is -0.769. The van der Waals surface area contributed by atoms with Gasteiger partial charge in [-0.2, -0.15) is 5.10 Å². The largest absolute Gasteiger partial charge is 0.383 e. The molecule has 0 aromatic carbocycles. The van der Waals surface area contributed by atoms with Crippen LogP contribution in [0.4, 0.5) is 0 Å². The lowest BCUT2D eigenvalue weighted by Gasteiger charge is -2.22. The second-order valence-electron chi connectivity index (χ2n) is 4.57. The molecule has 1 aliphatic rings. The first-order valence-electron chi connectivity index (χ1n) is 5.97. The lowest BCUT2D eigenvalue weighted by molar-refractivity contribution is 0.0203. The molecule has 0 amide bonds. The van der Waals surface area contributed by atoms with Gasteiger partial charge in [0, 0.05) is 13.7 Å². The molecule has 100 valence electrons. The van der Waals surface area contributed by atoms with Gasteiger partial charge in [0.1, 0.15) is 11.3 Å². The second-order valence-corrected chi connectivity index (χ2v) is 4.98. The van der Waals surface area contributed by atoms with Gasteiger partial charge in [-0.05, 0) is 19.8 Å². The van der Waals surface area contributed by atoms with E-state index in [2.05, 4.69) is 5.10 Å². The molecule has 1 aliphatic heterocycles. The van der Waals surface area contributed by atoms with Gasteiger partial charge in [0.05, 0.1) is 24.4 Å². The third-order valence-electron chi connectivity index (χ3n) is 3.22. The summed E-state index contributed by atoms with van der Waals surface area (Å²) in [5.74, 6) is -0.0985. The maximum atomic E-state index is 12.5. The monoisotopic (exact) mass is 272 g/mol. The molecule has 0 saturated carbocycles. The minimum Gasteiger partial charge on any atom is -0.383 e. The number of methoxy groups -OCH3 is 1. The van der Waals surface area contributed by atoms with Gasteiger partial charge in [-0.3, -0.25) is 9.48 Å². The Bertz CT molecular complexity index is 439. The fraction of sp³-hybridized carbons (Fsp3) is 0.667. The van der Waals surface area contributed by atoms with Crippen molar-refractivity contribution in [2.75, 3.05) is 20.3 Å². The fourth-order valence-corrected chi connectivity index (χ4v) is 2.37. The summed E-state index contributed by atoms with van der Waals surface area (Å²) in [5, 5.41) is 4.47. The molecular weight excluding hydrogens is 256 g/mol. The number of hydrogen-bond acceptors (Lipinski definition) is 4. The minimum absolute atomic E-state index is 0.0985. The molecule has 1 saturated heterocycles. The predicted molar refractivity (Wildman–Crippen MR) is 67.0 cm³/mol. The molecular formula is C12H17ClN2O3. The van der Waals surface area contributed by atoms with E-state index in [0.29, 0.717) is 30.5 Å². The SMILES string of the molecule is COCCn1ncc(Cl)c1C(=O)C1(C)CCCO1. The first kappa shape index (κ1) is 13.5. The number of aromatic nitrogens is 2. The van der Waals surface area contributed by atoms with Crippen LogP contribution in [-0.2, 0) is 16.0 Å². The molecule has 0 aliphatic carbocycles. The molecule has 5 nitrogen and oxygen atoms in total. The molecule has 1 aromatic rings. The van der Waals surface area contributed by atoms with E-state index in [1.807, 2.05) is 6.92 Å². The van der Waals surface area contributed by atoms with Crippen LogP contribution in [0.25, 0.3) is 0 Å². The smallest absolute Gasteiger partial charge is 0.213 e. The van der Waals surface area contributed by atoms with Crippen LogP contribution in [-0.4, -0.2) is 41.5 Å². The van der Waals surface area contributed by atoms with Crippen LogP contribution < -0.4 is 0 Å². The lowest BCUT2D eigenvalue weighted by atomic mass is 9.95. The number of ether oxygens (including phenoxy) is 2. The standard InChI is InChI=1S/C12H17ClN2O3/c1-12(4-3-6-18-12)11(16)10-9(13)8-14-15(10)5-7-17-2/h8H,3-7H2,1-2H3. The quantitative estimate of drug-likeness (QED) is 0.769. The maximum Gasteiger partial charge on any atom is 0.213 e. The van der Waals surface area contributed by atoms with Gasteiger partial charge in [-0.15, -0.1) is 0 Å². The van der Waals surface area contributed by atoms with Gasteiger partial charge in [-0.1, -0.05) is 11.6 Å².